The number of hydrogen-bond acceptors (Lipinski definition) is 7. The van der Waals surface area contributed by atoms with Crippen molar-refractivity contribution in [3.05, 3.63) is 63.5 Å². The molecule has 7 nitrogen and oxygen atoms in total. The number of esters is 1. The molecule has 1 heterocycles. The smallest absolute Gasteiger partial charge is 0.341 e. The molecule has 9 heteroatoms. The van der Waals surface area contributed by atoms with Gasteiger partial charge in [0.1, 0.15) is 16.3 Å². The number of thiophene rings is 1. The molecule has 1 N–H and O–H groups in total. The molecule has 0 saturated heterocycles. The van der Waals surface area contributed by atoms with E-state index in [1.165, 1.54) is 17.4 Å². The topological polar surface area (TPSA) is 83.1 Å². The summed E-state index contributed by atoms with van der Waals surface area (Å²) in [4.78, 5) is 25.5. The minimum atomic E-state index is -0.499. The fraction of sp³-hybridized carbons (Fsp3) is 0.231. The summed E-state index contributed by atoms with van der Waals surface area (Å²) in [5.41, 5.74) is 2.55. The Morgan fingerprint density at radius 1 is 1.06 bits per heavy atom. The molecule has 0 saturated carbocycles. The first-order valence-corrected chi connectivity index (χ1v) is 12.5. The SMILES string of the molecule is CCOC(=O)c1c(-c2ccc(OCC)cc2)csc1NC(=O)C=Cc1cc(Br)c(OC)c(OC)c1. The van der Waals surface area contributed by atoms with E-state index in [4.69, 9.17) is 18.9 Å². The highest BCUT2D eigenvalue weighted by atomic mass is 79.9. The Labute approximate surface area is 216 Å². The van der Waals surface area contributed by atoms with Crippen molar-refractivity contribution in [1.29, 1.82) is 0 Å². The minimum absolute atomic E-state index is 0.221. The Hall–Kier alpha value is -3.30. The van der Waals surface area contributed by atoms with Gasteiger partial charge < -0.3 is 24.3 Å². The molecule has 0 radical (unpaired) electrons. The predicted molar refractivity (Wildman–Crippen MR) is 142 cm³/mol. The van der Waals surface area contributed by atoms with Crippen LogP contribution in [0.15, 0.2) is 52.3 Å². The zero-order chi connectivity index (χ0) is 25.4. The average molecular weight is 560 g/mol. The van der Waals surface area contributed by atoms with Crippen molar-refractivity contribution in [2.45, 2.75) is 13.8 Å². The maximum absolute atomic E-state index is 12.8. The van der Waals surface area contributed by atoms with Crippen LogP contribution in [0.5, 0.6) is 17.2 Å². The van der Waals surface area contributed by atoms with Gasteiger partial charge in [-0.1, -0.05) is 12.1 Å². The van der Waals surface area contributed by atoms with Gasteiger partial charge in [-0.2, -0.15) is 0 Å². The van der Waals surface area contributed by atoms with Crippen molar-refractivity contribution in [2.24, 2.45) is 0 Å². The first-order chi connectivity index (χ1) is 16.9. The van der Waals surface area contributed by atoms with Crippen LogP contribution in [-0.2, 0) is 9.53 Å². The fourth-order valence-corrected chi connectivity index (χ4v) is 4.91. The number of nitrogens with one attached hydrogen (secondary N) is 1. The van der Waals surface area contributed by atoms with E-state index < -0.39 is 5.97 Å². The molecule has 2 aromatic carbocycles. The van der Waals surface area contributed by atoms with Crippen molar-refractivity contribution in [1.82, 2.24) is 0 Å². The van der Waals surface area contributed by atoms with Crippen LogP contribution >= 0.6 is 27.3 Å². The predicted octanol–water partition coefficient (Wildman–Crippen LogP) is 6.42. The third-order valence-electron chi connectivity index (χ3n) is 4.87. The summed E-state index contributed by atoms with van der Waals surface area (Å²) in [5.74, 6) is 0.949. The Bertz CT molecular complexity index is 1220. The molecular weight excluding hydrogens is 534 g/mol. The summed E-state index contributed by atoms with van der Waals surface area (Å²) in [6.45, 7) is 4.44. The van der Waals surface area contributed by atoms with Gasteiger partial charge in [-0.3, -0.25) is 4.79 Å². The first kappa shape index (κ1) is 26.3. The number of halogens is 1. The summed E-state index contributed by atoms with van der Waals surface area (Å²) in [6, 6.07) is 11.0. The van der Waals surface area contributed by atoms with Gasteiger partial charge in [-0.15, -0.1) is 11.3 Å². The molecule has 35 heavy (non-hydrogen) atoms. The van der Waals surface area contributed by atoms with Crippen molar-refractivity contribution >= 4 is 50.2 Å². The Kier molecular flexibility index (Phi) is 9.33. The number of anilines is 1. The number of amides is 1. The highest BCUT2D eigenvalue weighted by Crippen LogP contribution is 2.38. The van der Waals surface area contributed by atoms with Gasteiger partial charge in [0.25, 0.3) is 0 Å². The van der Waals surface area contributed by atoms with E-state index in [0.717, 1.165) is 16.9 Å². The lowest BCUT2D eigenvalue weighted by Crippen LogP contribution is -2.12. The van der Waals surface area contributed by atoms with Gasteiger partial charge in [-0.25, -0.2) is 4.79 Å². The molecule has 0 aliphatic carbocycles. The van der Waals surface area contributed by atoms with E-state index in [2.05, 4.69) is 21.2 Å². The standard InChI is InChI=1S/C26H26BrNO6S/c1-5-33-18-10-8-17(9-11-18)19-15-35-25(23(19)26(30)34-6-2)28-22(29)12-7-16-13-20(27)24(32-4)21(14-16)31-3/h7-15H,5-6H2,1-4H3,(H,28,29). The lowest BCUT2D eigenvalue weighted by molar-refractivity contribution is -0.111. The number of methoxy groups -OCH3 is 2. The summed E-state index contributed by atoms with van der Waals surface area (Å²) >= 11 is 4.70. The summed E-state index contributed by atoms with van der Waals surface area (Å²) in [5, 5.41) is 5.05. The van der Waals surface area contributed by atoms with Crippen molar-refractivity contribution in [3.8, 4) is 28.4 Å². The van der Waals surface area contributed by atoms with Crippen LogP contribution in [-0.4, -0.2) is 39.3 Å². The number of rotatable bonds is 10. The second-order valence-corrected chi connectivity index (χ2v) is 8.83. The Morgan fingerprint density at radius 2 is 1.80 bits per heavy atom. The molecule has 3 aromatic rings. The van der Waals surface area contributed by atoms with Crippen LogP contribution in [0.3, 0.4) is 0 Å². The van der Waals surface area contributed by atoms with E-state index in [-0.39, 0.29) is 12.5 Å². The largest absolute Gasteiger partial charge is 0.494 e. The van der Waals surface area contributed by atoms with Gasteiger partial charge in [0, 0.05) is 17.0 Å². The number of carbonyl (C=O) groups is 2. The highest BCUT2D eigenvalue weighted by molar-refractivity contribution is 9.10. The summed E-state index contributed by atoms with van der Waals surface area (Å²) in [6.07, 6.45) is 3.03. The minimum Gasteiger partial charge on any atom is -0.494 e. The second-order valence-electron chi connectivity index (χ2n) is 7.09. The molecule has 1 amide bonds. The van der Waals surface area contributed by atoms with Gasteiger partial charge in [0.15, 0.2) is 11.5 Å². The monoisotopic (exact) mass is 559 g/mol. The van der Waals surface area contributed by atoms with E-state index in [9.17, 15) is 9.59 Å². The molecule has 0 aliphatic rings. The van der Waals surface area contributed by atoms with Gasteiger partial charge in [0.2, 0.25) is 5.91 Å². The number of ether oxygens (including phenoxy) is 4. The molecule has 3 rings (SSSR count). The fourth-order valence-electron chi connectivity index (χ4n) is 3.33. The lowest BCUT2D eigenvalue weighted by atomic mass is 10.0. The molecule has 0 fully saturated rings. The van der Waals surface area contributed by atoms with Crippen LogP contribution in [0.2, 0.25) is 0 Å². The Morgan fingerprint density at radius 3 is 2.43 bits per heavy atom. The van der Waals surface area contributed by atoms with Crippen LogP contribution in [0.25, 0.3) is 17.2 Å². The quantitative estimate of drug-likeness (QED) is 0.228. The van der Waals surface area contributed by atoms with Crippen molar-refractivity contribution in [3.63, 3.8) is 0 Å². The second kappa shape index (κ2) is 12.4. The van der Waals surface area contributed by atoms with Crippen molar-refractivity contribution < 1.29 is 28.5 Å². The molecule has 184 valence electrons. The molecule has 0 atom stereocenters. The summed E-state index contributed by atoms with van der Waals surface area (Å²) < 4.78 is 22.1. The van der Waals surface area contributed by atoms with Crippen LogP contribution in [0.4, 0.5) is 5.00 Å². The molecule has 0 spiro atoms. The highest BCUT2D eigenvalue weighted by Gasteiger charge is 2.22. The molecular formula is C26H26BrNO6S. The maximum Gasteiger partial charge on any atom is 0.341 e. The van der Waals surface area contributed by atoms with Crippen LogP contribution in [0.1, 0.15) is 29.8 Å². The molecule has 0 bridgehead atoms. The molecule has 0 unspecified atom stereocenters. The third-order valence-corrected chi connectivity index (χ3v) is 6.35. The van der Waals surface area contributed by atoms with Gasteiger partial charge in [-0.05, 0) is 71.2 Å². The summed E-state index contributed by atoms with van der Waals surface area (Å²) in [7, 11) is 3.09. The normalized spacial score (nSPS) is 10.8. The third kappa shape index (κ3) is 6.43. The zero-order valence-electron chi connectivity index (χ0n) is 19.8. The molecule has 0 aliphatic heterocycles. The van der Waals surface area contributed by atoms with Crippen molar-refractivity contribution in [2.75, 3.05) is 32.8 Å². The number of hydrogen-bond donors (Lipinski definition) is 1. The van der Waals surface area contributed by atoms with E-state index in [1.807, 2.05) is 42.6 Å². The van der Waals surface area contributed by atoms with Crippen LogP contribution in [0, 0.1) is 0 Å². The number of benzene rings is 2. The first-order valence-electron chi connectivity index (χ1n) is 10.8. The van der Waals surface area contributed by atoms with E-state index in [1.54, 1.807) is 33.3 Å². The van der Waals surface area contributed by atoms with E-state index >= 15 is 0 Å². The van der Waals surface area contributed by atoms with Gasteiger partial charge in [0.05, 0.1) is 31.9 Å². The lowest BCUT2D eigenvalue weighted by Gasteiger charge is -2.10. The zero-order valence-corrected chi connectivity index (χ0v) is 22.2. The Balaban J connectivity index is 1.86. The maximum atomic E-state index is 12.8. The number of carbonyl (C=O) groups excluding carboxylic acids is 2. The average Bonchev–Trinajstić information content (AvgIpc) is 3.26. The van der Waals surface area contributed by atoms with Gasteiger partial charge >= 0.3 is 5.97 Å². The molecule has 1 aromatic heterocycles. The van der Waals surface area contributed by atoms with Crippen LogP contribution < -0.4 is 19.5 Å². The van der Waals surface area contributed by atoms with E-state index in [0.29, 0.717) is 38.7 Å².